The van der Waals surface area contributed by atoms with Gasteiger partial charge in [-0.25, -0.2) is 4.39 Å². The average molecular weight is 355 g/mol. The molecule has 4 rings (SSSR count). The summed E-state index contributed by atoms with van der Waals surface area (Å²) in [5.74, 6) is 1.43. The second-order valence-electron chi connectivity index (χ2n) is 6.39. The molecule has 0 saturated carbocycles. The molecule has 0 radical (unpaired) electrons. The lowest BCUT2D eigenvalue weighted by atomic mass is 9.96. The van der Waals surface area contributed by atoms with Crippen LogP contribution in [0.25, 0.3) is 11.3 Å². The first kappa shape index (κ1) is 16.5. The summed E-state index contributed by atoms with van der Waals surface area (Å²) in [6.07, 6.45) is 1.52. The minimum Gasteiger partial charge on any atom is -0.451 e. The van der Waals surface area contributed by atoms with Crippen molar-refractivity contribution in [3.8, 4) is 11.3 Å². The van der Waals surface area contributed by atoms with Gasteiger partial charge in [-0.05, 0) is 44.0 Å². The van der Waals surface area contributed by atoms with Gasteiger partial charge in [-0.2, -0.15) is 4.98 Å². The number of hydrogen-bond acceptors (Lipinski definition) is 5. The summed E-state index contributed by atoms with van der Waals surface area (Å²) in [7, 11) is 0. The number of benzene rings is 1. The van der Waals surface area contributed by atoms with Crippen LogP contribution in [0.4, 0.5) is 4.39 Å². The quantitative estimate of drug-likeness (QED) is 0.715. The molecule has 3 heterocycles. The molecular formula is C19H18FN3O3. The zero-order chi connectivity index (χ0) is 18.1. The number of amides is 1. The van der Waals surface area contributed by atoms with Crippen LogP contribution in [0.1, 0.15) is 41.0 Å². The van der Waals surface area contributed by atoms with Gasteiger partial charge in [-0.15, -0.1) is 0 Å². The van der Waals surface area contributed by atoms with Crippen molar-refractivity contribution in [1.82, 2.24) is 15.0 Å². The molecule has 0 atom stereocenters. The van der Waals surface area contributed by atoms with Crippen LogP contribution < -0.4 is 0 Å². The fraction of sp³-hybridized carbons (Fsp3) is 0.316. The van der Waals surface area contributed by atoms with E-state index in [0.29, 0.717) is 36.1 Å². The number of aryl methyl sites for hydroxylation is 1. The van der Waals surface area contributed by atoms with Crippen LogP contribution in [0, 0.1) is 12.7 Å². The fourth-order valence-electron chi connectivity index (χ4n) is 3.22. The Morgan fingerprint density at radius 1 is 1.19 bits per heavy atom. The molecule has 1 aliphatic rings. The molecule has 7 heteroatoms. The lowest BCUT2D eigenvalue weighted by Gasteiger charge is -2.29. The van der Waals surface area contributed by atoms with E-state index in [1.807, 2.05) is 0 Å². The molecule has 0 aliphatic carbocycles. The first-order valence-corrected chi connectivity index (χ1v) is 8.56. The number of furan rings is 1. The highest BCUT2D eigenvalue weighted by atomic mass is 19.1. The summed E-state index contributed by atoms with van der Waals surface area (Å²) in [4.78, 5) is 18.7. The van der Waals surface area contributed by atoms with Crippen molar-refractivity contribution in [1.29, 1.82) is 0 Å². The molecule has 0 unspecified atom stereocenters. The summed E-state index contributed by atoms with van der Waals surface area (Å²) in [6, 6.07) is 9.55. The first-order chi connectivity index (χ1) is 12.6. The third kappa shape index (κ3) is 3.12. The first-order valence-electron chi connectivity index (χ1n) is 8.56. The second kappa shape index (κ2) is 6.74. The molecule has 0 bridgehead atoms. The topological polar surface area (TPSA) is 72.4 Å². The van der Waals surface area contributed by atoms with E-state index in [1.165, 1.54) is 6.07 Å². The van der Waals surface area contributed by atoms with Crippen molar-refractivity contribution in [2.75, 3.05) is 13.1 Å². The highest BCUT2D eigenvalue weighted by Crippen LogP contribution is 2.29. The molecule has 26 heavy (non-hydrogen) atoms. The summed E-state index contributed by atoms with van der Waals surface area (Å²) < 4.78 is 24.7. The second-order valence-corrected chi connectivity index (χ2v) is 6.39. The average Bonchev–Trinajstić information content (AvgIpc) is 3.31. The number of likely N-dealkylation sites (tertiary alicyclic amines) is 1. The van der Waals surface area contributed by atoms with Gasteiger partial charge in [-0.1, -0.05) is 17.3 Å². The molecule has 1 fully saturated rings. The van der Waals surface area contributed by atoms with Crippen LogP contribution in [0.5, 0.6) is 0 Å². The maximum absolute atomic E-state index is 13.9. The van der Waals surface area contributed by atoms with Crippen LogP contribution in [0.15, 0.2) is 45.3 Å². The van der Waals surface area contributed by atoms with Crippen molar-refractivity contribution in [3.63, 3.8) is 0 Å². The summed E-state index contributed by atoms with van der Waals surface area (Å²) in [5, 5.41) is 3.82. The zero-order valence-corrected chi connectivity index (χ0v) is 14.3. The van der Waals surface area contributed by atoms with Gasteiger partial charge in [0.1, 0.15) is 11.6 Å². The van der Waals surface area contributed by atoms with E-state index in [0.717, 1.165) is 12.8 Å². The number of aromatic nitrogens is 2. The van der Waals surface area contributed by atoms with Crippen LogP contribution in [-0.2, 0) is 0 Å². The third-order valence-corrected chi connectivity index (χ3v) is 4.63. The molecule has 1 saturated heterocycles. The molecule has 6 nitrogen and oxygen atoms in total. The van der Waals surface area contributed by atoms with Crippen molar-refractivity contribution in [3.05, 3.63) is 59.7 Å². The standard InChI is InChI=1S/C19H18FN3O3/c1-12-21-18(26-22-12)13-8-10-23(11-9-13)19(24)17-7-6-16(25-17)14-4-2-3-5-15(14)20/h2-7,13H,8-11H2,1H3. The van der Waals surface area contributed by atoms with Gasteiger partial charge in [0.05, 0.1) is 5.56 Å². The molecule has 0 spiro atoms. The summed E-state index contributed by atoms with van der Waals surface area (Å²) in [6.45, 7) is 2.96. The lowest BCUT2D eigenvalue weighted by molar-refractivity contribution is 0.0673. The third-order valence-electron chi connectivity index (χ3n) is 4.63. The minimum absolute atomic E-state index is 0.172. The Morgan fingerprint density at radius 2 is 1.96 bits per heavy atom. The fourth-order valence-corrected chi connectivity index (χ4v) is 3.22. The number of hydrogen-bond donors (Lipinski definition) is 0. The van der Waals surface area contributed by atoms with E-state index in [2.05, 4.69) is 10.1 Å². The summed E-state index contributed by atoms with van der Waals surface area (Å²) in [5.41, 5.74) is 0.344. The lowest BCUT2D eigenvalue weighted by Crippen LogP contribution is -2.37. The van der Waals surface area contributed by atoms with Crippen LogP contribution in [-0.4, -0.2) is 34.0 Å². The molecule has 1 aromatic carbocycles. The highest BCUT2D eigenvalue weighted by molar-refractivity contribution is 5.92. The van der Waals surface area contributed by atoms with Gasteiger partial charge in [0.2, 0.25) is 5.89 Å². The Balaban J connectivity index is 1.44. The Morgan fingerprint density at radius 3 is 2.65 bits per heavy atom. The maximum Gasteiger partial charge on any atom is 0.289 e. The Kier molecular flexibility index (Phi) is 4.28. The highest BCUT2D eigenvalue weighted by Gasteiger charge is 2.29. The van der Waals surface area contributed by atoms with E-state index in [1.54, 1.807) is 42.2 Å². The van der Waals surface area contributed by atoms with Crippen molar-refractivity contribution >= 4 is 5.91 Å². The van der Waals surface area contributed by atoms with Gasteiger partial charge < -0.3 is 13.8 Å². The van der Waals surface area contributed by atoms with Gasteiger partial charge in [-0.3, -0.25) is 4.79 Å². The predicted octanol–water partition coefficient (Wildman–Crippen LogP) is 3.80. The minimum atomic E-state index is -0.378. The molecule has 0 N–H and O–H groups in total. The van der Waals surface area contributed by atoms with Crippen LogP contribution in [0.2, 0.25) is 0 Å². The number of carbonyl (C=O) groups excluding carboxylic acids is 1. The zero-order valence-electron chi connectivity index (χ0n) is 14.3. The number of piperidine rings is 1. The van der Waals surface area contributed by atoms with E-state index in [9.17, 15) is 9.18 Å². The van der Waals surface area contributed by atoms with E-state index >= 15 is 0 Å². The number of carbonyl (C=O) groups is 1. The van der Waals surface area contributed by atoms with Crippen LogP contribution in [0.3, 0.4) is 0 Å². The predicted molar refractivity (Wildman–Crippen MR) is 91.0 cm³/mol. The Labute approximate surface area is 149 Å². The number of halogens is 1. The van der Waals surface area contributed by atoms with Crippen molar-refractivity contribution < 1.29 is 18.1 Å². The van der Waals surface area contributed by atoms with E-state index in [4.69, 9.17) is 8.94 Å². The number of rotatable bonds is 3. The molecule has 1 amide bonds. The van der Waals surface area contributed by atoms with E-state index in [-0.39, 0.29) is 23.4 Å². The maximum atomic E-state index is 13.9. The van der Waals surface area contributed by atoms with Gasteiger partial charge in [0.15, 0.2) is 11.6 Å². The monoisotopic (exact) mass is 355 g/mol. The van der Waals surface area contributed by atoms with Gasteiger partial charge in [0.25, 0.3) is 5.91 Å². The molecule has 3 aromatic rings. The molecule has 134 valence electrons. The Hall–Kier alpha value is -2.96. The van der Waals surface area contributed by atoms with Crippen molar-refractivity contribution in [2.45, 2.75) is 25.7 Å². The Bertz CT molecular complexity index is 926. The smallest absolute Gasteiger partial charge is 0.289 e. The van der Waals surface area contributed by atoms with E-state index < -0.39 is 0 Å². The molecule has 1 aliphatic heterocycles. The number of nitrogens with zero attached hydrogens (tertiary/aromatic N) is 3. The molecule has 2 aromatic heterocycles. The van der Waals surface area contributed by atoms with Gasteiger partial charge >= 0.3 is 0 Å². The normalized spacial score (nSPS) is 15.4. The van der Waals surface area contributed by atoms with Gasteiger partial charge in [0, 0.05) is 19.0 Å². The van der Waals surface area contributed by atoms with Crippen LogP contribution >= 0.6 is 0 Å². The van der Waals surface area contributed by atoms with Crippen molar-refractivity contribution in [2.24, 2.45) is 0 Å². The summed E-state index contributed by atoms with van der Waals surface area (Å²) >= 11 is 0. The largest absolute Gasteiger partial charge is 0.451 e. The SMILES string of the molecule is Cc1noc(C2CCN(C(=O)c3ccc(-c4ccccc4F)o3)CC2)n1. The molecular weight excluding hydrogens is 337 g/mol.